The molecule has 0 aliphatic carbocycles. The smallest absolute Gasteiger partial charge is 0.253 e. The SMILES string of the molecule is CCN(CC)C(=O)c1cccc(C(=O)N2CCCC2)c1. The van der Waals surface area contributed by atoms with Gasteiger partial charge in [-0.1, -0.05) is 6.07 Å². The lowest BCUT2D eigenvalue weighted by molar-refractivity contribution is 0.0773. The van der Waals surface area contributed by atoms with E-state index in [0.29, 0.717) is 24.2 Å². The monoisotopic (exact) mass is 274 g/mol. The molecule has 0 bridgehead atoms. The molecule has 108 valence electrons. The molecule has 0 aromatic heterocycles. The molecule has 2 rings (SSSR count). The average molecular weight is 274 g/mol. The number of benzene rings is 1. The van der Waals surface area contributed by atoms with Crippen LogP contribution in [0.15, 0.2) is 24.3 Å². The third-order valence-corrected chi connectivity index (χ3v) is 3.80. The van der Waals surface area contributed by atoms with Gasteiger partial charge in [0.2, 0.25) is 0 Å². The topological polar surface area (TPSA) is 40.6 Å². The van der Waals surface area contributed by atoms with Crippen LogP contribution < -0.4 is 0 Å². The van der Waals surface area contributed by atoms with Crippen LogP contribution in [0.3, 0.4) is 0 Å². The maximum Gasteiger partial charge on any atom is 0.253 e. The molecule has 1 aromatic carbocycles. The van der Waals surface area contributed by atoms with Crippen LogP contribution in [0.2, 0.25) is 0 Å². The second kappa shape index (κ2) is 6.55. The van der Waals surface area contributed by atoms with Crippen molar-refractivity contribution in [2.45, 2.75) is 26.7 Å². The van der Waals surface area contributed by atoms with Gasteiger partial charge in [-0.25, -0.2) is 0 Å². The molecule has 0 radical (unpaired) electrons. The molecular formula is C16H22N2O2. The number of rotatable bonds is 4. The molecule has 1 saturated heterocycles. The first kappa shape index (κ1) is 14.6. The van der Waals surface area contributed by atoms with E-state index in [1.54, 1.807) is 29.2 Å². The van der Waals surface area contributed by atoms with Gasteiger partial charge in [0.1, 0.15) is 0 Å². The van der Waals surface area contributed by atoms with Gasteiger partial charge < -0.3 is 9.80 Å². The zero-order chi connectivity index (χ0) is 14.5. The second-order valence-electron chi connectivity index (χ2n) is 5.06. The fourth-order valence-corrected chi connectivity index (χ4v) is 2.58. The highest BCUT2D eigenvalue weighted by Crippen LogP contribution is 2.15. The maximum absolute atomic E-state index is 12.3. The van der Waals surface area contributed by atoms with Crippen LogP contribution >= 0.6 is 0 Å². The Morgan fingerprint density at radius 3 is 2.30 bits per heavy atom. The predicted octanol–water partition coefficient (Wildman–Crippen LogP) is 2.40. The lowest BCUT2D eigenvalue weighted by Gasteiger charge is -2.19. The molecule has 1 heterocycles. The molecule has 1 fully saturated rings. The van der Waals surface area contributed by atoms with Gasteiger partial charge in [0.15, 0.2) is 0 Å². The van der Waals surface area contributed by atoms with Crippen LogP contribution in [-0.4, -0.2) is 47.8 Å². The Bertz CT molecular complexity index is 460. The maximum atomic E-state index is 12.3. The summed E-state index contributed by atoms with van der Waals surface area (Å²) in [4.78, 5) is 28.3. The van der Waals surface area contributed by atoms with E-state index in [1.807, 2.05) is 18.7 Å². The van der Waals surface area contributed by atoms with Gasteiger partial charge >= 0.3 is 0 Å². The molecule has 1 aliphatic heterocycles. The number of carbonyl (C=O) groups is 2. The summed E-state index contributed by atoms with van der Waals surface area (Å²) in [7, 11) is 0. The van der Waals surface area contributed by atoms with Crippen LogP contribution in [0.5, 0.6) is 0 Å². The fraction of sp³-hybridized carbons (Fsp3) is 0.500. The first-order chi connectivity index (χ1) is 9.67. The quantitative estimate of drug-likeness (QED) is 0.846. The first-order valence-corrected chi connectivity index (χ1v) is 7.36. The highest BCUT2D eigenvalue weighted by molar-refractivity contribution is 5.99. The van der Waals surface area contributed by atoms with E-state index < -0.39 is 0 Å². The lowest BCUT2D eigenvalue weighted by Crippen LogP contribution is -2.31. The van der Waals surface area contributed by atoms with Crippen LogP contribution in [0.4, 0.5) is 0 Å². The normalized spacial score (nSPS) is 14.4. The Hall–Kier alpha value is -1.84. The van der Waals surface area contributed by atoms with Crippen molar-refractivity contribution in [2.24, 2.45) is 0 Å². The molecule has 20 heavy (non-hydrogen) atoms. The van der Waals surface area contributed by atoms with Crippen molar-refractivity contribution in [3.63, 3.8) is 0 Å². The van der Waals surface area contributed by atoms with Crippen molar-refractivity contribution in [1.29, 1.82) is 0 Å². The number of hydrogen-bond donors (Lipinski definition) is 0. The molecule has 1 aromatic rings. The van der Waals surface area contributed by atoms with Gasteiger partial charge in [-0.3, -0.25) is 9.59 Å². The first-order valence-electron chi connectivity index (χ1n) is 7.36. The molecule has 0 saturated carbocycles. The van der Waals surface area contributed by atoms with E-state index in [9.17, 15) is 9.59 Å². The van der Waals surface area contributed by atoms with Gasteiger partial charge in [0, 0.05) is 37.3 Å². The van der Waals surface area contributed by atoms with Crippen molar-refractivity contribution in [1.82, 2.24) is 9.80 Å². The largest absolute Gasteiger partial charge is 0.339 e. The van der Waals surface area contributed by atoms with E-state index in [2.05, 4.69) is 0 Å². The third-order valence-electron chi connectivity index (χ3n) is 3.80. The Kier molecular flexibility index (Phi) is 4.77. The van der Waals surface area contributed by atoms with Gasteiger partial charge in [0.05, 0.1) is 0 Å². The standard InChI is InChI=1S/C16H22N2O2/c1-3-17(4-2)15(19)13-8-7-9-14(12-13)16(20)18-10-5-6-11-18/h7-9,12H,3-6,10-11H2,1-2H3. The number of hydrogen-bond acceptors (Lipinski definition) is 2. The van der Waals surface area contributed by atoms with Crippen LogP contribution in [0.25, 0.3) is 0 Å². The summed E-state index contributed by atoms with van der Waals surface area (Å²) in [6, 6.07) is 7.09. The van der Waals surface area contributed by atoms with Gasteiger partial charge in [-0.05, 0) is 44.9 Å². The molecule has 0 spiro atoms. The number of likely N-dealkylation sites (tertiary alicyclic amines) is 1. The lowest BCUT2D eigenvalue weighted by atomic mass is 10.1. The Labute approximate surface area is 120 Å². The highest BCUT2D eigenvalue weighted by atomic mass is 16.2. The van der Waals surface area contributed by atoms with E-state index in [4.69, 9.17) is 0 Å². The van der Waals surface area contributed by atoms with Gasteiger partial charge in [-0.15, -0.1) is 0 Å². The molecule has 0 atom stereocenters. The minimum atomic E-state index is -0.00827. The van der Waals surface area contributed by atoms with Crippen molar-refractivity contribution in [3.05, 3.63) is 35.4 Å². The Morgan fingerprint density at radius 2 is 1.70 bits per heavy atom. The molecule has 4 heteroatoms. The number of amides is 2. The van der Waals surface area contributed by atoms with Gasteiger partial charge in [-0.2, -0.15) is 0 Å². The summed E-state index contributed by atoms with van der Waals surface area (Å²) in [5, 5.41) is 0. The van der Waals surface area contributed by atoms with Crippen molar-refractivity contribution in [2.75, 3.05) is 26.2 Å². The zero-order valence-electron chi connectivity index (χ0n) is 12.3. The molecular weight excluding hydrogens is 252 g/mol. The van der Waals surface area contributed by atoms with Crippen molar-refractivity contribution < 1.29 is 9.59 Å². The van der Waals surface area contributed by atoms with Crippen LogP contribution in [-0.2, 0) is 0 Å². The van der Waals surface area contributed by atoms with Crippen LogP contribution in [0.1, 0.15) is 47.4 Å². The van der Waals surface area contributed by atoms with E-state index in [-0.39, 0.29) is 11.8 Å². The minimum absolute atomic E-state index is 0.00827. The Morgan fingerprint density at radius 1 is 1.10 bits per heavy atom. The summed E-state index contributed by atoms with van der Waals surface area (Å²) in [6.45, 7) is 6.93. The summed E-state index contributed by atoms with van der Waals surface area (Å²) in [6.07, 6.45) is 2.15. The van der Waals surface area contributed by atoms with Crippen molar-refractivity contribution >= 4 is 11.8 Å². The molecule has 1 aliphatic rings. The zero-order valence-corrected chi connectivity index (χ0v) is 12.3. The average Bonchev–Trinajstić information content (AvgIpc) is 3.02. The minimum Gasteiger partial charge on any atom is -0.339 e. The summed E-state index contributed by atoms with van der Waals surface area (Å²) in [5.41, 5.74) is 1.21. The highest BCUT2D eigenvalue weighted by Gasteiger charge is 2.21. The summed E-state index contributed by atoms with van der Waals surface area (Å²) >= 11 is 0. The van der Waals surface area contributed by atoms with Gasteiger partial charge in [0.25, 0.3) is 11.8 Å². The molecule has 4 nitrogen and oxygen atoms in total. The van der Waals surface area contributed by atoms with Crippen molar-refractivity contribution in [3.8, 4) is 0 Å². The number of nitrogens with zero attached hydrogens (tertiary/aromatic N) is 2. The van der Waals surface area contributed by atoms with E-state index >= 15 is 0 Å². The molecule has 2 amide bonds. The summed E-state index contributed by atoms with van der Waals surface area (Å²) < 4.78 is 0. The predicted molar refractivity (Wildman–Crippen MR) is 78.8 cm³/mol. The molecule has 0 N–H and O–H groups in total. The second-order valence-corrected chi connectivity index (χ2v) is 5.06. The third kappa shape index (κ3) is 3.00. The summed E-state index contributed by atoms with van der Waals surface area (Å²) in [5.74, 6) is 0.0303. The number of carbonyl (C=O) groups excluding carboxylic acids is 2. The van der Waals surface area contributed by atoms with Crippen LogP contribution in [0, 0.1) is 0 Å². The fourth-order valence-electron chi connectivity index (χ4n) is 2.58. The van der Waals surface area contributed by atoms with E-state index in [0.717, 1.165) is 25.9 Å². The van der Waals surface area contributed by atoms with E-state index in [1.165, 1.54) is 0 Å². The molecule has 0 unspecified atom stereocenters. The Balaban J connectivity index is 2.19.